The van der Waals surface area contributed by atoms with Crippen LogP contribution in [0.1, 0.15) is 12.8 Å². The molecular weight excluding hydrogens is 296 g/mol. The van der Waals surface area contributed by atoms with Crippen LogP contribution in [-0.2, 0) is 19.6 Å². The Balaban J connectivity index is 1.58. The summed E-state index contributed by atoms with van der Waals surface area (Å²) in [4.78, 5) is 24.7. The lowest BCUT2D eigenvalue weighted by molar-refractivity contribution is -0.132. The highest BCUT2D eigenvalue weighted by Gasteiger charge is 2.41. The monoisotopic (exact) mass is 312 g/mol. The fourth-order valence-electron chi connectivity index (χ4n) is 2.42. The summed E-state index contributed by atoms with van der Waals surface area (Å²) in [6.45, 7) is 1.32. The van der Waals surface area contributed by atoms with Gasteiger partial charge in [0.15, 0.2) is 6.04 Å². The number of carbonyl (C=O) groups excluding carboxylic acids is 2. The molecule has 2 amide bonds. The van der Waals surface area contributed by atoms with Gasteiger partial charge in [0, 0.05) is 32.3 Å². The molecule has 0 N–H and O–H groups in total. The lowest BCUT2D eigenvalue weighted by atomic mass is 10.2. The summed E-state index contributed by atoms with van der Waals surface area (Å²) in [6.07, 6.45) is 4.12. The molecule has 2 fully saturated rings. The third-order valence-electron chi connectivity index (χ3n) is 3.81. The zero-order chi connectivity index (χ0) is 15.0. The molecule has 114 valence electrons. The summed E-state index contributed by atoms with van der Waals surface area (Å²) >= 11 is 0. The summed E-state index contributed by atoms with van der Waals surface area (Å²) in [6, 6.07) is -0.769. The van der Waals surface area contributed by atoms with Crippen LogP contribution in [0, 0.1) is 0 Å². The van der Waals surface area contributed by atoms with E-state index in [0.717, 1.165) is 12.8 Å². The van der Waals surface area contributed by atoms with Gasteiger partial charge in [-0.3, -0.25) is 9.59 Å². The van der Waals surface area contributed by atoms with Crippen molar-refractivity contribution in [3.05, 3.63) is 12.2 Å². The number of rotatable bonds is 3. The first-order chi connectivity index (χ1) is 9.98. The van der Waals surface area contributed by atoms with Crippen LogP contribution in [0.2, 0.25) is 0 Å². The number of nitrogens with zero attached hydrogens (tertiary/aromatic N) is 4. The SMILES string of the molecule is O=C1C=CC(C(=O)N2CCN(S(=O)(=O)C3CC3)CC2)N=N1. The van der Waals surface area contributed by atoms with Crippen LogP contribution in [0.25, 0.3) is 0 Å². The summed E-state index contributed by atoms with van der Waals surface area (Å²) in [5.74, 6) is -0.717. The van der Waals surface area contributed by atoms with Gasteiger partial charge in [0.05, 0.1) is 5.25 Å². The standard InChI is InChI=1S/C12H16N4O4S/c17-11-4-3-10(13-14-11)12(18)15-5-7-16(8-6-15)21(19,20)9-1-2-9/h3-4,9-10H,1-2,5-8H2. The van der Waals surface area contributed by atoms with Gasteiger partial charge in [-0.1, -0.05) is 0 Å². The first kappa shape index (κ1) is 14.3. The van der Waals surface area contributed by atoms with Crippen molar-refractivity contribution in [1.29, 1.82) is 0 Å². The van der Waals surface area contributed by atoms with Crippen molar-refractivity contribution >= 4 is 21.8 Å². The molecule has 8 nitrogen and oxygen atoms in total. The highest BCUT2D eigenvalue weighted by Crippen LogP contribution is 2.31. The maximum absolute atomic E-state index is 12.2. The molecule has 1 saturated carbocycles. The Morgan fingerprint density at radius 2 is 1.86 bits per heavy atom. The molecule has 1 atom stereocenters. The van der Waals surface area contributed by atoms with E-state index >= 15 is 0 Å². The normalized spacial score (nSPS) is 27.1. The van der Waals surface area contributed by atoms with Crippen molar-refractivity contribution in [3.8, 4) is 0 Å². The zero-order valence-electron chi connectivity index (χ0n) is 11.4. The van der Waals surface area contributed by atoms with E-state index in [2.05, 4.69) is 10.2 Å². The van der Waals surface area contributed by atoms with Crippen LogP contribution in [0.4, 0.5) is 0 Å². The highest BCUT2D eigenvalue weighted by molar-refractivity contribution is 7.90. The Hall–Kier alpha value is -1.61. The van der Waals surface area contributed by atoms with E-state index in [0.29, 0.717) is 26.2 Å². The van der Waals surface area contributed by atoms with Gasteiger partial charge in [-0.15, -0.1) is 5.11 Å². The van der Waals surface area contributed by atoms with E-state index in [4.69, 9.17) is 0 Å². The summed E-state index contributed by atoms with van der Waals surface area (Å²) in [5.41, 5.74) is 0. The molecule has 0 radical (unpaired) electrons. The Morgan fingerprint density at radius 3 is 2.38 bits per heavy atom. The Kier molecular flexibility index (Phi) is 3.62. The lowest BCUT2D eigenvalue weighted by Gasteiger charge is -2.34. The molecule has 0 aromatic heterocycles. The molecule has 1 saturated heterocycles. The molecule has 2 heterocycles. The van der Waals surface area contributed by atoms with Crippen molar-refractivity contribution in [2.24, 2.45) is 10.2 Å². The maximum atomic E-state index is 12.2. The topological polar surface area (TPSA) is 99.5 Å². The third kappa shape index (κ3) is 2.88. The smallest absolute Gasteiger partial charge is 0.287 e. The number of piperazine rings is 1. The van der Waals surface area contributed by atoms with Crippen molar-refractivity contribution < 1.29 is 18.0 Å². The molecule has 2 aliphatic heterocycles. The molecule has 21 heavy (non-hydrogen) atoms. The Bertz CT molecular complexity index is 599. The minimum Gasteiger partial charge on any atom is -0.338 e. The number of amides is 2. The van der Waals surface area contributed by atoms with Gasteiger partial charge in [0.1, 0.15) is 0 Å². The average molecular weight is 312 g/mol. The quantitative estimate of drug-likeness (QED) is 0.704. The number of hydrogen-bond donors (Lipinski definition) is 0. The summed E-state index contributed by atoms with van der Waals surface area (Å²) < 4.78 is 25.7. The third-order valence-corrected chi connectivity index (χ3v) is 6.21. The lowest BCUT2D eigenvalue weighted by Crippen LogP contribution is -2.53. The molecule has 0 spiro atoms. The second kappa shape index (κ2) is 5.30. The van der Waals surface area contributed by atoms with Gasteiger partial charge in [-0.2, -0.15) is 9.42 Å². The molecule has 0 aromatic rings. The predicted molar refractivity (Wildman–Crippen MR) is 72.9 cm³/mol. The van der Waals surface area contributed by atoms with Gasteiger partial charge in [0.2, 0.25) is 10.0 Å². The minimum absolute atomic E-state index is 0.221. The largest absolute Gasteiger partial charge is 0.338 e. The van der Waals surface area contributed by atoms with Gasteiger partial charge in [0.25, 0.3) is 11.8 Å². The van der Waals surface area contributed by atoms with Crippen LogP contribution in [0.3, 0.4) is 0 Å². The molecule has 9 heteroatoms. The first-order valence-corrected chi connectivity index (χ1v) is 8.39. The number of hydrogen-bond acceptors (Lipinski definition) is 5. The van der Waals surface area contributed by atoms with Crippen molar-refractivity contribution in [3.63, 3.8) is 0 Å². The van der Waals surface area contributed by atoms with Crippen molar-refractivity contribution in [2.45, 2.75) is 24.1 Å². The Labute approximate surface area is 122 Å². The fraction of sp³-hybridized carbons (Fsp3) is 0.667. The summed E-state index contributed by atoms with van der Waals surface area (Å²) in [5, 5.41) is 6.79. The van der Waals surface area contributed by atoms with E-state index in [1.807, 2.05) is 0 Å². The molecule has 0 aromatic carbocycles. The average Bonchev–Trinajstić information content (AvgIpc) is 3.32. The molecule has 0 bridgehead atoms. The van der Waals surface area contributed by atoms with E-state index in [9.17, 15) is 18.0 Å². The fourth-order valence-corrected chi connectivity index (χ4v) is 4.25. The van der Waals surface area contributed by atoms with Crippen LogP contribution < -0.4 is 0 Å². The van der Waals surface area contributed by atoms with E-state index < -0.39 is 22.0 Å². The van der Waals surface area contributed by atoms with Gasteiger partial charge in [-0.25, -0.2) is 8.42 Å². The summed E-state index contributed by atoms with van der Waals surface area (Å²) in [7, 11) is -3.18. The predicted octanol–water partition coefficient (Wildman–Crippen LogP) is -0.460. The van der Waals surface area contributed by atoms with Crippen molar-refractivity contribution in [1.82, 2.24) is 9.21 Å². The molecule has 3 rings (SSSR count). The van der Waals surface area contributed by atoms with Gasteiger partial charge >= 0.3 is 0 Å². The molecular formula is C12H16N4O4S. The molecule has 1 aliphatic carbocycles. The van der Waals surface area contributed by atoms with Crippen LogP contribution in [-0.4, -0.2) is 66.9 Å². The van der Waals surface area contributed by atoms with Crippen LogP contribution in [0.5, 0.6) is 0 Å². The van der Waals surface area contributed by atoms with Crippen molar-refractivity contribution in [2.75, 3.05) is 26.2 Å². The minimum atomic E-state index is -3.18. The van der Waals surface area contributed by atoms with Crippen LogP contribution >= 0.6 is 0 Å². The number of sulfonamides is 1. The number of azo groups is 1. The molecule has 3 aliphatic rings. The van der Waals surface area contributed by atoms with Crippen LogP contribution in [0.15, 0.2) is 22.4 Å². The maximum Gasteiger partial charge on any atom is 0.287 e. The first-order valence-electron chi connectivity index (χ1n) is 6.89. The second-order valence-electron chi connectivity index (χ2n) is 5.33. The second-order valence-corrected chi connectivity index (χ2v) is 7.54. The van der Waals surface area contributed by atoms with E-state index in [-0.39, 0.29) is 11.2 Å². The highest BCUT2D eigenvalue weighted by atomic mass is 32.2. The van der Waals surface area contributed by atoms with E-state index in [1.54, 1.807) is 4.90 Å². The van der Waals surface area contributed by atoms with Gasteiger partial charge in [-0.05, 0) is 18.9 Å². The Morgan fingerprint density at radius 1 is 1.19 bits per heavy atom. The number of carbonyl (C=O) groups is 2. The zero-order valence-corrected chi connectivity index (χ0v) is 12.2. The van der Waals surface area contributed by atoms with Gasteiger partial charge < -0.3 is 4.90 Å². The van der Waals surface area contributed by atoms with E-state index in [1.165, 1.54) is 16.5 Å². The molecule has 1 unspecified atom stereocenters.